The first-order valence-electron chi connectivity index (χ1n) is 6.20. The van der Waals surface area contributed by atoms with Crippen LogP contribution in [0.4, 0.5) is 5.82 Å². The minimum Gasteiger partial charge on any atom is -0.462 e. The number of rotatable bonds is 8. The summed E-state index contributed by atoms with van der Waals surface area (Å²) in [6, 6.07) is 3.33. The van der Waals surface area contributed by atoms with Gasteiger partial charge in [-0.1, -0.05) is 0 Å². The van der Waals surface area contributed by atoms with Gasteiger partial charge < -0.3 is 19.9 Å². The average Bonchev–Trinajstić information content (AvgIpc) is 2.40. The van der Waals surface area contributed by atoms with Crippen molar-refractivity contribution < 1.29 is 19.4 Å². The molecule has 0 saturated heterocycles. The van der Waals surface area contributed by atoms with Crippen LogP contribution in [0.5, 0.6) is 0 Å². The van der Waals surface area contributed by atoms with Crippen LogP contribution in [0.2, 0.25) is 0 Å². The largest absolute Gasteiger partial charge is 0.462 e. The number of aromatic nitrogens is 1. The molecule has 2 N–H and O–H groups in total. The second-order valence-electron chi connectivity index (χ2n) is 3.96. The zero-order valence-electron chi connectivity index (χ0n) is 11.3. The predicted molar refractivity (Wildman–Crippen MR) is 71.2 cm³/mol. The van der Waals surface area contributed by atoms with E-state index in [0.717, 1.165) is 0 Å². The Morgan fingerprint density at radius 2 is 2.32 bits per heavy atom. The molecule has 19 heavy (non-hydrogen) atoms. The van der Waals surface area contributed by atoms with Crippen molar-refractivity contribution in [2.75, 3.05) is 32.2 Å². The summed E-state index contributed by atoms with van der Waals surface area (Å²) in [5.41, 5.74) is 0.415. The molecule has 1 aromatic heterocycles. The van der Waals surface area contributed by atoms with E-state index in [1.807, 2.05) is 0 Å². The van der Waals surface area contributed by atoms with E-state index in [1.54, 1.807) is 26.2 Å². The maximum atomic E-state index is 11.4. The maximum Gasteiger partial charge on any atom is 0.339 e. The van der Waals surface area contributed by atoms with Crippen molar-refractivity contribution in [3.63, 3.8) is 0 Å². The Balaban J connectivity index is 2.62. The van der Waals surface area contributed by atoms with Gasteiger partial charge in [0.1, 0.15) is 5.82 Å². The molecule has 0 aliphatic carbocycles. The summed E-state index contributed by atoms with van der Waals surface area (Å²) in [5, 5.41) is 12.1. The number of nitrogens with zero attached hydrogens (tertiary/aromatic N) is 1. The van der Waals surface area contributed by atoms with Crippen molar-refractivity contribution in [1.29, 1.82) is 0 Å². The normalized spacial score (nSPS) is 11.9. The SMILES string of the molecule is CCOC(=O)c1ccc(NC(CCO)COC)nc1. The van der Waals surface area contributed by atoms with Gasteiger partial charge in [-0.05, 0) is 25.5 Å². The quantitative estimate of drug-likeness (QED) is 0.686. The fourth-order valence-corrected chi connectivity index (χ4v) is 1.58. The van der Waals surface area contributed by atoms with Gasteiger partial charge in [-0.15, -0.1) is 0 Å². The molecular weight excluding hydrogens is 248 g/mol. The van der Waals surface area contributed by atoms with Crippen LogP contribution < -0.4 is 5.32 Å². The number of methoxy groups -OCH3 is 1. The standard InChI is InChI=1S/C13H20N2O4/c1-3-19-13(17)10-4-5-12(14-8-10)15-11(6-7-16)9-18-2/h4-5,8,11,16H,3,6-7,9H2,1-2H3,(H,14,15). The molecule has 0 aliphatic rings. The number of carbonyl (C=O) groups is 1. The van der Waals surface area contributed by atoms with Crippen LogP contribution in [0.1, 0.15) is 23.7 Å². The Morgan fingerprint density at radius 1 is 1.53 bits per heavy atom. The highest BCUT2D eigenvalue weighted by molar-refractivity contribution is 5.89. The molecule has 1 heterocycles. The number of hydrogen-bond acceptors (Lipinski definition) is 6. The van der Waals surface area contributed by atoms with Gasteiger partial charge >= 0.3 is 5.97 Å². The highest BCUT2D eigenvalue weighted by atomic mass is 16.5. The lowest BCUT2D eigenvalue weighted by Crippen LogP contribution is -2.26. The van der Waals surface area contributed by atoms with Crippen LogP contribution in [0.3, 0.4) is 0 Å². The number of nitrogens with one attached hydrogen (secondary N) is 1. The van der Waals surface area contributed by atoms with E-state index in [1.165, 1.54) is 6.20 Å². The number of anilines is 1. The zero-order valence-corrected chi connectivity index (χ0v) is 11.3. The van der Waals surface area contributed by atoms with E-state index >= 15 is 0 Å². The minimum absolute atomic E-state index is 0.0176. The summed E-state index contributed by atoms with van der Waals surface area (Å²) in [6.45, 7) is 2.64. The number of carbonyl (C=O) groups excluding carboxylic acids is 1. The van der Waals surface area contributed by atoms with E-state index in [9.17, 15) is 4.79 Å². The number of aliphatic hydroxyl groups is 1. The minimum atomic E-state index is -0.384. The third kappa shape index (κ3) is 5.23. The molecule has 1 rings (SSSR count). The predicted octanol–water partition coefficient (Wildman–Crippen LogP) is 1.07. The molecule has 0 spiro atoms. The molecule has 0 fully saturated rings. The van der Waals surface area contributed by atoms with Crippen molar-refractivity contribution in [3.8, 4) is 0 Å². The van der Waals surface area contributed by atoms with Crippen LogP contribution in [-0.4, -0.2) is 49.0 Å². The van der Waals surface area contributed by atoms with Crippen LogP contribution in [0, 0.1) is 0 Å². The summed E-state index contributed by atoms with van der Waals surface area (Å²) < 4.78 is 9.92. The molecule has 106 valence electrons. The molecule has 0 radical (unpaired) electrons. The van der Waals surface area contributed by atoms with Crippen molar-refractivity contribution in [3.05, 3.63) is 23.9 Å². The number of ether oxygens (including phenoxy) is 2. The topological polar surface area (TPSA) is 80.7 Å². The highest BCUT2D eigenvalue weighted by Crippen LogP contribution is 2.09. The molecule has 0 aliphatic heterocycles. The first-order valence-corrected chi connectivity index (χ1v) is 6.20. The van der Waals surface area contributed by atoms with Gasteiger partial charge in [-0.2, -0.15) is 0 Å². The van der Waals surface area contributed by atoms with E-state index in [2.05, 4.69) is 10.3 Å². The van der Waals surface area contributed by atoms with Crippen molar-refractivity contribution in [2.24, 2.45) is 0 Å². The van der Waals surface area contributed by atoms with E-state index in [-0.39, 0.29) is 18.6 Å². The van der Waals surface area contributed by atoms with Gasteiger partial charge in [0.25, 0.3) is 0 Å². The van der Waals surface area contributed by atoms with Crippen molar-refractivity contribution in [2.45, 2.75) is 19.4 Å². The first kappa shape index (κ1) is 15.4. The molecule has 0 aromatic carbocycles. The summed E-state index contributed by atoms with van der Waals surface area (Å²) in [5.74, 6) is 0.244. The Bertz CT molecular complexity index is 375. The lowest BCUT2D eigenvalue weighted by atomic mass is 10.2. The van der Waals surface area contributed by atoms with E-state index in [0.29, 0.717) is 31.0 Å². The lowest BCUT2D eigenvalue weighted by molar-refractivity contribution is 0.0526. The molecule has 0 bridgehead atoms. The molecule has 6 nitrogen and oxygen atoms in total. The van der Waals surface area contributed by atoms with E-state index < -0.39 is 0 Å². The van der Waals surface area contributed by atoms with Gasteiger partial charge in [0.15, 0.2) is 0 Å². The summed E-state index contributed by atoms with van der Waals surface area (Å²) in [6.07, 6.45) is 2.03. The number of esters is 1. The van der Waals surface area contributed by atoms with E-state index in [4.69, 9.17) is 14.6 Å². The smallest absolute Gasteiger partial charge is 0.339 e. The summed E-state index contributed by atoms with van der Waals surface area (Å²) >= 11 is 0. The number of hydrogen-bond donors (Lipinski definition) is 2. The van der Waals surface area contributed by atoms with Gasteiger partial charge in [-0.25, -0.2) is 9.78 Å². The molecule has 0 saturated carbocycles. The Labute approximate surface area is 112 Å². The van der Waals surface area contributed by atoms with Crippen LogP contribution in [-0.2, 0) is 9.47 Å². The third-order valence-electron chi connectivity index (χ3n) is 2.47. The molecule has 1 atom stereocenters. The molecule has 6 heteroatoms. The van der Waals surface area contributed by atoms with Crippen molar-refractivity contribution >= 4 is 11.8 Å². The molecule has 1 unspecified atom stereocenters. The van der Waals surface area contributed by atoms with Gasteiger partial charge in [-0.3, -0.25) is 0 Å². The lowest BCUT2D eigenvalue weighted by Gasteiger charge is -2.17. The van der Waals surface area contributed by atoms with Crippen LogP contribution >= 0.6 is 0 Å². The second kappa shape index (κ2) is 8.44. The third-order valence-corrected chi connectivity index (χ3v) is 2.47. The summed E-state index contributed by atoms with van der Waals surface area (Å²) in [4.78, 5) is 15.6. The summed E-state index contributed by atoms with van der Waals surface area (Å²) in [7, 11) is 1.60. The Morgan fingerprint density at radius 3 is 2.84 bits per heavy atom. The first-order chi connectivity index (χ1) is 9.21. The van der Waals surface area contributed by atoms with Gasteiger partial charge in [0.05, 0.1) is 24.8 Å². The molecular formula is C13H20N2O4. The zero-order chi connectivity index (χ0) is 14.1. The Hall–Kier alpha value is -1.66. The molecule has 0 amide bonds. The van der Waals surface area contributed by atoms with Gasteiger partial charge in [0.2, 0.25) is 0 Å². The maximum absolute atomic E-state index is 11.4. The highest BCUT2D eigenvalue weighted by Gasteiger charge is 2.10. The number of aliphatic hydroxyl groups excluding tert-OH is 1. The second-order valence-corrected chi connectivity index (χ2v) is 3.96. The fourth-order valence-electron chi connectivity index (χ4n) is 1.58. The number of pyridine rings is 1. The van der Waals surface area contributed by atoms with Crippen molar-refractivity contribution in [1.82, 2.24) is 4.98 Å². The Kier molecular flexibility index (Phi) is 6.84. The molecule has 1 aromatic rings. The van der Waals surface area contributed by atoms with Gasteiger partial charge in [0, 0.05) is 19.9 Å². The van der Waals surface area contributed by atoms with Crippen LogP contribution in [0.25, 0.3) is 0 Å². The van der Waals surface area contributed by atoms with Crippen LogP contribution in [0.15, 0.2) is 18.3 Å². The fraction of sp³-hybridized carbons (Fsp3) is 0.538. The monoisotopic (exact) mass is 268 g/mol. The average molecular weight is 268 g/mol.